The third-order valence-corrected chi connectivity index (χ3v) is 5.45. The topological polar surface area (TPSA) is 87.7 Å². The van der Waals surface area contributed by atoms with E-state index in [0.29, 0.717) is 6.42 Å². The molecule has 0 saturated carbocycles. The molecule has 186 valence electrons. The molecule has 0 spiro atoms. The second kappa shape index (κ2) is 12.6. The number of amides is 3. The molecule has 0 radical (unpaired) electrons. The molecule has 1 rings (SSSR count). The standard InChI is InChI=1S/C26H43N3O4/c1-10-12-18(4)27-23(30)22(21-15-13-17(3)14-16-21)29(19(5)11-2)24(31)20(6)28-25(32)33-26(7,8)9/h13-16,18-20,22H,10-12H2,1-9H3,(H,27,30)(H,28,32). The smallest absolute Gasteiger partial charge is 0.408 e. The van der Waals surface area contributed by atoms with E-state index >= 15 is 0 Å². The van der Waals surface area contributed by atoms with E-state index in [1.54, 1.807) is 32.6 Å². The Morgan fingerprint density at radius 1 is 1.00 bits per heavy atom. The lowest BCUT2D eigenvalue weighted by atomic mass is 9.98. The highest BCUT2D eigenvalue weighted by atomic mass is 16.6. The molecule has 0 fully saturated rings. The fourth-order valence-electron chi connectivity index (χ4n) is 3.58. The summed E-state index contributed by atoms with van der Waals surface area (Å²) in [6, 6.07) is 5.75. The first-order valence-corrected chi connectivity index (χ1v) is 12.0. The van der Waals surface area contributed by atoms with Crippen LogP contribution in [0.4, 0.5) is 4.79 Å². The molecular weight excluding hydrogens is 418 g/mol. The van der Waals surface area contributed by atoms with Crippen LogP contribution in [0.25, 0.3) is 0 Å². The number of hydrogen-bond donors (Lipinski definition) is 2. The summed E-state index contributed by atoms with van der Waals surface area (Å²) in [5.41, 5.74) is 1.13. The molecular formula is C26H43N3O4. The molecule has 0 heterocycles. The maximum Gasteiger partial charge on any atom is 0.408 e. The molecule has 4 unspecified atom stereocenters. The van der Waals surface area contributed by atoms with Crippen molar-refractivity contribution in [3.8, 4) is 0 Å². The molecule has 33 heavy (non-hydrogen) atoms. The van der Waals surface area contributed by atoms with Crippen LogP contribution in [-0.4, -0.2) is 46.5 Å². The van der Waals surface area contributed by atoms with Crippen LogP contribution in [0.15, 0.2) is 24.3 Å². The summed E-state index contributed by atoms with van der Waals surface area (Å²) in [5.74, 6) is -0.558. The Balaban J connectivity index is 3.33. The number of benzene rings is 1. The lowest BCUT2D eigenvalue weighted by molar-refractivity contribution is -0.145. The predicted octanol–water partition coefficient (Wildman–Crippen LogP) is 4.88. The molecule has 0 aliphatic carbocycles. The van der Waals surface area contributed by atoms with Crippen LogP contribution in [0, 0.1) is 6.92 Å². The fourth-order valence-corrected chi connectivity index (χ4v) is 3.58. The number of rotatable bonds is 10. The van der Waals surface area contributed by atoms with Gasteiger partial charge in [-0.3, -0.25) is 9.59 Å². The Labute approximate surface area is 199 Å². The lowest BCUT2D eigenvalue weighted by Gasteiger charge is -2.38. The fraction of sp³-hybridized carbons (Fsp3) is 0.654. The maximum atomic E-state index is 13.6. The number of carbonyl (C=O) groups excluding carboxylic acids is 3. The Kier molecular flexibility index (Phi) is 10.9. The summed E-state index contributed by atoms with van der Waals surface area (Å²) < 4.78 is 5.31. The van der Waals surface area contributed by atoms with Gasteiger partial charge < -0.3 is 20.3 Å². The number of aryl methyl sites for hydroxylation is 1. The highest BCUT2D eigenvalue weighted by molar-refractivity contribution is 5.92. The molecule has 0 aromatic heterocycles. The van der Waals surface area contributed by atoms with Gasteiger partial charge in [0.05, 0.1) is 0 Å². The van der Waals surface area contributed by atoms with Gasteiger partial charge in [0.1, 0.15) is 17.7 Å². The second-order valence-electron chi connectivity index (χ2n) is 9.88. The van der Waals surface area contributed by atoms with Gasteiger partial charge in [0, 0.05) is 12.1 Å². The zero-order valence-corrected chi connectivity index (χ0v) is 21.8. The monoisotopic (exact) mass is 461 g/mol. The summed E-state index contributed by atoms with van der Waals surface area (Å²) in [6.07, 6.45) is 1.78. The second-order valence-corrected chi connectivity index (χ2v) is 9.88. The van der Waals surface area contributed by atoms with Gasteiger partial charge in [0.15, 0.2) is 0 Å². The average Bonchev–Trinajstić information content (AvgIpc) is 2.70. The van der Waals surface area contributed by atoms with Crippen molar-refractivity contribution in [1.82, 2.24) is 15.5 Å². The van der Waals surface area contributed by atoms with Crippen molar-refractivity contribution in [3.63, 3.8) is 0 Å². The first-order valence-electron chi connectivity index (χ1n) is 12.0. The van der Waals surface area contributed by atoms with E-state index in [-0.39, 0.29) is 23.9 Å². The van der Waals surface area contributed by atoms with Gasteiger partial charge in [-0.2, -0.15) is 0 Å². The first kappa shape index (κ1) is 28.5. The zero-order chi connectivity index (χ0) is 25.3. The number of carbonyl (C=O) groups is 3. The van der Waals surface area contributed by atoms with Gasteiger partial charge in [-0.1, -0.05) is 50.1 Å². The van der Waals surface area contributed by atoms with Crippen molar-refractivity contribution < 1.29 is 19.1 Å². The van der Waals surface area contributed by atoms with Crippen LogP contribution < -0.4 is 10.6 Å². The van der Waals surface area contributed by atoms with Crippen molar-refractivity contribution in [2.75, 3.05) is 0 Å². The van der Waals surface area contributed by atoms with E-state index in [1.165, 1.54) is 0 Å². The third-order valence-electron chi connectivity index (χ3n) is 5.45. The molecule has 1 aromatic carbocycles. The molecule has 1 aromatic rings. The van der Waals surface area contributed by atoms with Gasteiger partial charge >= 0.3 is 6.09 Å². The van der Waals surface area contributed by atoms with Crippen LogP contribution in [0.2, 0.25) is 0 Å². The van der Waals surface area contributed by atoms with Crippen molar-refractivity contribution in [1.29, 1.82) is 0 Å². The van der Waals surface area contributed by atoms with Crippen LogP contribution in [0.3, 0.4) is 0 Å². The summed E-state index contributed by atoms with van der Waals surface area (Å²) in [5, 5.41) is 5.70. The number of nitrogens with one attached hydrogen (secondary N) is 2. The summed E-state index contributed by atoms with van der Waals surface area (Å²) in [7, 11) is 0. The van der Waals surface area contributed by atoms with E-state index < -0.39 is 23.8 Å². The summed E-state index contributed by atoms with van der Waals surface area (Å²) in [6.45, 7) is 16.8. The minimum Gasteiger partial charge on any atom is -0.444 e. The Hall–Kier alpha value is -2.57. The summed E-state index contributed by atoms with van der Waals surface area (Å²) >= 11 is 0. The van der Waals surface area contributed by atoms with E-state index in [9.17, 15) is 14.4 Å². The molecule has 4 atom stereocenters. The number of nitrogens with zero attached hydrogens (tertiary/aromatic N) is 1. The molecule has 7 nitrogen and oxygen atoms in total. The van der Waals surface area contributed by atoms with Crippen molar-refractivity contribution >= 4 is 17.9 Å². The lowest BCUT2D eigenvalue weighted by Crippen LogP contribution is -2.55. The van der Waals surface area contributed by atoms with E-state index in [4.69, 9.17) is 4.74 Å². The predicted molar refractivity (Wildman–Crippen MR) is 132 cm³/mol. The average molecular weight is 462 g/mol. The van der Waals surface area contributed by atoms with Crippen LogP contribution in [0.1, 0.15) is 91.8 Å². The molecule has 0 aliphatic rings. The molecule has 0 aliphatic heterocycles. The Morgan fingerprint density at radius 3 is 2.06 bits per heavy atom. The Bertz CT molecular complexity index is 786. The molecule has 0 bridgehead atoms. The number of ether oxygens (including phenoxy) is 1. The van der Waals surface area contributed by atoms with E-state index in [1.807, 2.05) is 52.0 Å². The molecule has 3 amide bonds. The van der Waals surface area contributed by atoms with Gasteiger partial charge in [-0.25, -0.2) is 4.79 Å². The van der Waals surface area contributed by atoms with Crippen LogP contribution in [-0.2, 0) is 14.3 Å². The molecule has 2 N–H and O–H groups in total. The van der Waals surface area contributed by atoms with Crippen molar-refractivity contribution in [2.24, 2.45) is 0 Å². The van der Waals surface area contributed by atoms with Gasteiger partial charge in [-0.15, -0.1) is 0 Å². The zero-order valence-electron chi connectivity index (χ0n) is 21.8. The molecule has 0 saturated heterocycles. The normalized spacial score (nSPS) is 15.1. The first-order chi connectivity index (χ1) is 15.3. The largest absolute Gasteiger partial charge is 0.444 e. The van der Waals surface area contributed by atoms with Gasteiger partial charge in [-0.05, 0) is 66.9 Å². The highest BCUT2D eigenvalue weighted by Gasteiger charge is 2.37. The van der Waals surface area contributed by atoms with Crippen molar-refractivity contribution in [3.05, 3.63) is 35.4 Å². The number of alkyl carbamates (subject to hydrolysis) is 1. The van der Waals surface area contributed by atoms with Crippen molar-refractivity contribution in [2.45, 2.75) is 111 Å². The highest BCUT2D eigenvalue weighted by Crippen LogP contribution is 2.27. The van der Waals surface area contributed by atoms with E-state index in [0.717, 1.165) is 24.0 Å². The van der Waals surface area contributed by atoms with Crippen LogP contribution >= 0.6 is 0 Å². The summed E-state index contributed by atoms with van der Waals surface area (Å²) in [4.78, 5) is 41.0. The van der Waals surface area contributed by atoms with E-state index in [2.05, 4.69) is 17.6 Å². The third kappa shape index (κ3) is 9.06. The minimum absolute atomic E-state index is 0.0124. The minimum atomic E-state index is -0.859. The van der Waals surface area contributed by atoms with Gasteiger partial charge in [0.2, 0.25) is 11.8 Å². The number of hydrogen-bond acceptors (Lipinski definition) is 4. The molecule has 7 heteroatoms. The Morgan fingerprint density at radius 2 is 1.58 bits per heavy atom. The van der Waals surface area contributed by atoms with Gasteiger partial charge in [0.25, 0.3) is 0 Å². The van der Waals surface area contributed by atoms with Crippen LogP contribution in [0.5, 0.6) is 0 Å². The SMILES string of the molecule is CCCC(C)NC(=O)C(c1ccc(C)cc1)N(C(=O)C(C)NC(=O)OC(C)(C)C)C(C)CC. The maximum absolute atomic E-state index is 13.6. The quantitative estimate of drug-likeness (QED) is 0.520.